The Bertz CT molecular complexity index is 980. The van der Waals surface area contributed by atoms with Crippen LogP contribution >= 0.6 is 23.2 Å². The predicted molar refractivity (Wildman–Crippen MR) is 107 cm³/mol. The molecule has 0 aliphatic carbocycles. The fourth-order valence-electron chi connectivity index (χ4n) is 2.39. The van der Waals surface area contributed by atoms with Crippen molar-refractivity contribution in [3.05, 3.63) is 69.3 Å². The maximum atomic E-state index is 12.1. The highest BCUT2D eigenvalue weighted by molar-refractivity contribution is 6.35. The molecule has 0 aromatic heterocycles. The fourth-order valence-corrected chi connectivity index (χ4v) is 2.87. The zero-order chi connectivity index (χ0) is 19.4. The molecule has 7 heteroatoms. The molecule has 138 valence electrons. The van der Waals surface area contributed by atoms with Gasteiger partial charge in [0, 0.05) is 21.7 Å². The minimum absolute atomic E-state index is 0.156. The van der Waals surface area contributed by atoms with E-state index in [0.29, 0.717) is 27.1 Å². The summed E-state index contributed by atoms with van der Waals surface area (Å²) in [6.07, 6.45) is 4.84. The summed E-state index contributed by atoms with van der Waals surface area (Å²) in [6, 6.07) is 10.4. The zero-order valence-electron chi connectivity index (χ0n) is 14.5. The molecule has 0 spiro atoms. The summed E-state index contributed by atoms with van der Waals surface area (Å²) in [7, 11) is 3.11. The van der Waals surface area contributed by atoms with Gasteiger partial charge in [-0.15, -0.1) is 0 Å². The van der Waals surface area contributed by atoms with E-state index >= 15 is 0 Å². The second kappa shape index (κ2) is 8.29. The minimum Gasteiger partial charge on any atom is -0.497 e. The van der Waals surface area contributed by atoms with Crippen LogP contribution in [0.15, 0.2) is 53.2 Å². The summed E-state index contributed by atoms with van der Waals surface area (Å²) in [5.41, 5.74) is 1.54. The Balaban J connectivity index is 1.88. The van der Waals surface area contributed by atoms with Gasteiger partial charge in [-0.25, -0.2) is 9.79 Å². The molecule has 0 bridgehead atoms. The number of carbonyl (C=O) groups is 1. The van der Waals surface area contributed by atoms with Crippen molar-refractivity contribution in [2.75, 3.05) is 14.2 Å². The Morgan fingerprint density at radius 3 is 2.52 bits per heavy atom. The van der Waals surface area contributed by atoms with Gasteiger partial charge in [0.15, 0.2) is 5.70 Å². The van der Waals surface area contributed by atoms with Gasteiger partial charge < -0.3 is 14.2 Å². The molecule has 3 rings (SSSR count). The van der Waals surface area contributed by atoms with Gasteiger partial charge in [0.2, 0.25) is 5.90 Å². The molecule has 1 aliphatic heterocycles. The Morgan fingerprint density at radius 1 is 1.00 bits per heavy atom. The number of carbonyl (C=O) groups excluding carboxylic acids is 1. The normalized spacial score (nSPS) is 15.2. The van der Waals surface area contributed by atoms with Crippen LogP contribution in [0, 0.1) is 0 Å². The molecule has 1 aliphatic rings. The molecule has 1 heterocycles. The first kappa shape index (κ1) is 19.0. The smallest absolute Gasteiger partial charge is 0.363 e. The SMILES string of the molecule is COc1ccc(OC)c(/C=C2N=C(/C=C/c3ccc(Cl)cc3Cl)OC/2=O)c1. The first-order valence-electron chi connectivity index (χ1n) is 7.88. The number of ether oxygens (including phenoxy) is 3. The van der Waals surface area contributed by atoms with Crippen molar-refractivity contribution >= 4 is 47.2 Å². The molecule has 2 aromatic rings. The van der Waals surface area contributed by atoms with Gasteiger partial charge in [0.1, 0.15) is 11.5 Å². The van der Waals surface area contributed by atoms with Gasteiger partial charge >= 0.3 is 5.97 Å². The van der Waals surface area contributed by atoms with Gasteiger partial charge in [0.05, 0.1) is 14.2 Å². The van der Waals surface area contributed by atoms with Crippen LogP contribution in [0.2, 0.25) is 10.0 Å². The third-order valence-electron chi connectivity index (χ3n) is 3.73. The molecule has 5 nitrogen and oxygen atoms in total. The first-order valence-corrected chi connectivity index (χ1v) is 8.63. The van der Waals surface area contributed by atoms with Gasteiger partial charge in [-0.3, -0.25) is 0 Å². The second-order valence-electron chi connectivity index (χ2n) is 5.48. The second-order valence-corrected chi connectivity index (χ2v) is 6.32. The number of hydrogen-bond donors (Lipinski definition) is 0. The number of esters is 1. The molecule has 0 atom stereocenters. The van der Waals surface area contributed by atoms with Crippen molar-refractivity contribution in [2.45, 2.75) is 0 Å². The molecule has 0 radical (unpaired) electrons. The molecular weight excluding hydrogens is 389 g/mol. The monoisotopic (exact) mass is 403 g/mol. The number of benzene rings is 2. The summed E-state index contributed by atoms with van der Waals surface area (Å²) in [4.78, 5) is 16.3. The van der Waals surface area contributed by atoms with E-state index in [1.165, 1.54) is 0 Å². The maximum absolute atomic E-state index is 12.1. The van der Waals surface area contributed by atoms with Crippen LogP contribution in [0.5, 0.6) is 11.5 Å². The standard InChI is InChI=1S/C20H15Cl2NO4/c1-25-15-6-7-18(26-2)13(9-15)10-17-20(24)27-19(23-17)8-4-12-3-5-14(21)11-16(12)22/h3-11H,1-2H3/b8-4+,17-10+. The number of aliphatic imine (C=N–C) groups is 1. The van der Waals surface area contributed by atoms with Crippen molar-refractivity contribution in [2.24, 2.45) is 4.99 Å². The van der Waals surface area contributed by atoms with E-state index in [-0.39, 0.29) is 11.6 Å². The summed E-state index contributed by atoms with van der Waals surface area (Å²) >= 11 is 12.0. The third-order valence-corrected chi connectivity index (χ3v) is 4.30. The Morgan fingerprint density at radius 2 is 1.81 bits per heavy atom. The van der Waals surface area contributed by atoms with Crippen LogP contribution in [0.4, 0.5) is 0 Å². The van der Waals surface area contributed by atoms with E-state index in [1.54, 1.807) is 68.8 Å². The fraction of sp³-hybridized carbons (Fsp3) is 0.100. The molecule has 0 N–H and O–H groups in total. The summed E-state index contributed by atoms with van der Waals surface area (Å²) in [6.45, 7) is 0. The van der Waals surface area contributed by atoms with Crippen LogP contribution in [-0.2, 0) is 9.53 Å². The zero-order valence-corrected chi connectivity index (χ0v) is 16.0. The molecule has 0 amide bonds. The van der Waals surface area contributed by atoms with Gasteiger partial charge in [-0.2, -0.15) is 0 Å². The number of cyclic esters (lactones) is 1. The average Bonchev–Trinajstić information content (AvgIpc) is 3.00. The van der Waals surface area contributed by atoms with Gasteiger partial charge in [0.25, 0.3) is 0 Å². The van der Waals surface area contributed by atoms with Crippen LogP contribution in [0.25, 0.3) is 12.2 Å². The molecule has 27 heavy (non-hydrogen) atoms. The van der Waals surface area contributed by atoms with Crippen molar-refractivity contribution in [3.63, 3.8) is 0 Å². The molecule has 2 aromatic carbocycles. The summed E-state index contributed by atoms with van der Waals surface area (Å²) in [5.74, 6) is 0.833. The lowest BCUT2D eigenvalue weighted by Crippen LogP contribution is -2.01. The molecular formula is C20H15Cl2NO4. The van der Waals surface area contributed by atoms with Crippen molar-refractivity contribution < 1.29 is 19.0 Å². The van der Waals surface area contributed by atoms with Crippen molar-refractivity contribution in [3.8, 4) is 11.5 Å². The number of hydrogen-bond acceptors (Lipinski definition) is 5. The van der Waals surface area contributed by atoms with E-state index < -0.39 is 5.97 Å². The minimum atomic E-state index is -0.554. The lowest BCUT2D eigenvalue weighted by Gasteiger charge is -2.07. The summed E-state index contributed by atoms with van der Waals surface area (Å²) in [5, 5.41) is 1.03. The highest BCUT2D eigenvalue weighted by Gasteiger charge is 2.22. The largest absolute Gasteiger partial charge is 0.497 e. The number of rotatable bonds is 5. The Kier molecular flexibility index (Phi) is 5.84. The summed E-state index contributed by atoms with van der Waals surface area (Å²) < 4.78 is 15.7. The molecule has 0 saturated heterocycles. The van der Waals surface area contributed by atoms with E-state index in [2.05, 4.69) is 4.99 Å². The third kappa shape index (κ3) is 4.51. The van der Waals surface area contributed by atoms with Crippen LogP contribution in [0.3, 0.4) is 0 Å². The number of halogens is 2. The van der Waals surface area contributed by atoms with Crippen LogP contribution in [-0.4, -0.2) is 26.1 Å². The lowest BCUT2D eigenvalue weighted by atomic mass is 10.1. The van der Waals surface area contributed by atoms with Gasteiger partial charge in [-0.05, 0) is 48.0 Å². The molecule has 0 unspecified atom stereocenters. The van der Waals surface area contributed by atoms with Crippen molar-refractivity contribution in [1.29, 1.82) is 0 Å². The highest BCUT2D eigenvalue weighted by Crippen LogP contribution is 2.28. The van der Waals surface area contributed by atoms with E-state index in [1.807, 2.05) is 0 Å². The van der Waals surface area contributed by atoms with E-state index in [9.17, 15) is 4.79 Å². The van der Waals surface area contributed by atoms with Crippen LogP contribution < -0.4 is 9.47 Å². The van der Waals surface area contributed by atoms with Crippen LogP contribution in [0.1, 0.15) is 11.1 Å². The maximum Gasteiger partial charge on any atom is 0.363 e. The highest BCUT2D eigenvalue weighted by atomic mass is 35.5. The predicted octanol–water partition coefficient (Wildman–Crippen LogP) is 5.02. The van der Waals surface area contributed by atoms with E-state index in [0.717, 1.165) is 5.56 Å². The topological polar surface area (TPSA) is 57.1 Å². The van der Waals surface area contributed by atoms with Crippen molar-refractivity contribution in [1.82, 2.24) is 0 Å². The quantitative estimate of drug-likeness (QED) is 0.519. The van der Waals surface area contributed by atoms with E-state index in [4.69, 9.17) is 37.4 Å². The molecule has 0 saturated carbocycles. The Labute approximate surface area is 166 Å². The average molecular weight is 404 g/mol. The Hall–Kier alpha value is -2.76. The number of methoxy groups -OCH3 is 2. The molecule has 0 fully saturated rings. The number of nitrogens with zero attached hydrogens (tertiary/aromatic N) is 1. The van der Waals surface area contributed by atoms with Gasteiger partial charge in [-0.1, -0.05) is 29.3 Å². The first-order chi connectivity index (χ1) is 13.0. The lowest BCUT2D eigenvalue weighted by molar-refractivity contribution is -0.129.